The predicted molar refractivity (Wildman–Crippen MR) is 97.1 cm³/mol. The van der Waals surface area contributed by atoms with E-state index in [2.05, 4.69) is 0 Å². The highest BCUT2D eigenvalue weighted by Gasteiger charge is 2.13. The number of fused-ring (bicyclic) bond motifs is 1. The Labute approximate surface area is 150 Å². The van der Waals surface area contributed by atoms with E-state index in [0.717, 1.165) is 16.3 Å². The smallest absolute Gasteiger partial charge is 0.310 e. The summed E-state index contributed by atoms with van der Waals surface area (Å²) in [5.41, 5.74) is 1.22. The molecule has 3 rings (SSSR count). The van der Waals surface area contributed by atoms with Crippen LogP contribution in [0.15, 0.2) is 60.7 Å². The highest BCUT2D eigenvalue weighted by Crippen LogP contribution is 2.25. The zero-order valence-electron chi connectivity index (χ0n) is 14.2. The molecule has 0 aliphatic carbocycles. The van der Waals surface area contributed by atoms with Crippen molar-refractivity contribution in [2.45, 2.75) is 13.0 Å². The van der Waals surface area contributed by atoms with Crippen LogP contribution in [0.3, 0.4) is 0 Å². The van der Waals surface area contributed by atoms with Gasteiger partial charge in [0.2, 0.25) is 0 Å². The minimum Gasteiger partial charge on any atom is -0.496 e. The summed E-state index contributed by atoms with van der Waals surface area (Å²) in [5.74, 6) is 0.0305. The molecular formula is C20H17NO5. The molecule has 0 bridgehead atoms. The molecule has 0 radical (unpaired) electrons. The Morgan fingerprint density at radius 2 is 1.81 bits per heavy atom. The first-order valence-electron chi connectivity index (χ1n) is 8.01. The molecule has 0 heterocycles. The highest BCUT2D eigenvalue weighted by atomic mass is 16.6. The van der Waals surface area contributed by atoms with Crippen molar-refractivity contribution < 1.29 is 19.2 Å². The number of carbonyl (C=O) groups is 1. The average molecular weight is 351 g/mol. The standard InChI is InChI=1S/C20H17NO5/c1-25-19-9-8-18(21(23)24)12-17(19)13-26-20(22)11-14-6-7-15-4-2-3-5-16(15)10-14/h2-10,12H,11,13H2,1H3. The largest absolute Gasteiger partial charge is 0.496 e. The lowest BCUT2D eigenvalue weighted by Gasteiger charge is -2.09. The topological polar surface area (TPSA) is 78.7 Å². The first-order chi connectivity index (χ1) is 12.6. The molecule has 6 nitrogen and oxygen atoms in total. The number of nitrogens with zero attached hydrogens (tertiary/aromatic N) is 1. The number of hydrogen-bond acceptors (Lipinski definition) is 5. The van der Waals surface area contributed by atoms with Gasteiger partial charge in [0, 0.05) is 17.7 Å². The fourth-order valence-corrected chi connectivity index (χ4v) is 2.72. The Balaban J connectivity index is 1.68. The molecule has 6 heteroatoms. The van der Waals surface area contributed by atoms with Crippen LogP contribution in [0.1, 0.15) is 11.1 Å². The highest BCUT2D eigenvalue weighted by molar-refractivity contribution is 5.84. The lowest BCUT2D eigenvalue weighted by molar-refractivity contribution is -0.385. The van der Waals surface area contributed by atoms with E-state index in [-0.39, 0.29) is 18.7 Å². The molecule has 0 spiro atoms. The lowest BCUT2D eigenvalue weighted by Crippen LogP contribution is -2.09. The average Bonchev–Trinajstić information content (AvgIpc) is 2.66. The summed E-state index contributed by atoms with van der Waals surface area (Å²) < 4.78 is 10.4. The van der Waals surface area contributed by atoms with E-state index < -0.39 is 10.9 Å². The lowest BCUT2D eigenvalue weighted by atomic mass is 10.1. The van der Waals surface area contributed by atoms with Crippen LogP contribution in [0, 0.1) is 10.1 Å². The Hall–Kier alpha value is -3.41. The molecule has 26 heavy (non-hydrogen) atoms. The third-order valence-corrected chi connectivity index (χ3v) is 4.03. The van der Waals surface area contributed by atoms with Crippen LogP contribution in [0.2, 0.25) is 0 Å². The molecule has 0 atom stereocenters. The van der Waals surface area contributed by atoms with Crippen LogP contribution < -0.4 is 4.74 Å². The molecule has 0 saturated carbocycles. The quantitative estimate of drug-likeness (QED) is 0.380. The van der Waals surface area contributed by atoms with E-state index in [0.29, 0.717) is 11.3 Å². The van der Waals surface area contributed by atoms with Gasteiger partial charge in [-0.05, 0) is 22.4 Å². The Bertz CT molecular complexity index is 967. The molecule has 3 aromatic carbocycles. The van der Waals surface area contributed by atoms with Crippen LogP contribution >= 0.6 is 0 Å². The van der Waals surface area contributed by atoms with Crippen LogP contribution in [-0.4, -0.2) is 18.0 Å². The fraction of sp³-hybridized carbons (Fsp3) is 0.150. The van der Waals surface area contributed by atoms with Gasteiger partial charge in [-0.1, -0.05) is 42.5 Å². The van der Waals surface area contributed by atoms with Crippen molar-refractivity contribution in [2.75, 3.05) is 7.11 Å². The second-order valence-electron chi connectivity index (χ2n) is 5.77. The molecule has 0 unspecified atom stereocenters. The van der Waals surface area contributed by atoms with Gasteiger partial charge in [-0.2, -0.15) is 0 Å². The van der Waals surface area contributed by atoms with Crippen LogP contribution in [0.4, 0.5) is 5.69 Å². The molecule has 0 aromatic heterocycles. The van der Waals surface area contributed by atoms with Crippen molar-refractivity contribution in [1.29, 1.82) is 0 Å². The SMILES string of the molecule is COc1ccc([N+](=O)[O-])cc1COC(=O)Cc1ccc2ccccc2c1. The molecule has 0 aliphatic rings. The number of nitro benzene ring substituents is 1. The van der Waals surface area contributed by atoms with Crippen molar-refractivity contribution in [3.8, 4) is 5.75 Å². The maximum absolute atomic E-state index is 12.1. The molecule has 0 N–H and O–H groups in total. The van der Waals surface area contributed by atoms with E-state index in [9.17, 15) is 14.9 Å². The molecule has 132 valence electrons. The third kappa shape index (κ3) is 3.97. The number of rotatable bonds is 6. The Morgan fingerprint density at radius 3 is 2.54 bits per heavy atom. The summed E-state index contributed by atoms with van der Waals surface area (Å²) in [6, 6.07) is 17.9. The summed E-state index contributed by atoms with van der Waals surface area (Å²) in [5, 5.41) is 13.1. The zero-order valence-corrected chi connectivity index (χ0v) is 14.2. The van der Waals surface area contributed by atoms with Gasteiger partial charge in [-0.15, -0.1) is 0 Å². The van der Waals surface area contributed by atoms with Gasteiger partial charge >= 0.3 is 5.97 Å². The summed E-state index contributed by atoms with van der Waals surface area (Å²) in [4.78, 5) is 22.5. The number of non-ortho nitro benzene ring substituents is 1. The minimum absolute atomic E-state index is 0.0774. The third-order valence-electron chi connectivity index (χ3n) is 4.03. The van der Waals surface area contributed by atoms with Gasteiger partial charge in [0.1, 0.15) is 12.4 Å². The van der Waals surface area contributed by atoms with Gasteiger partial charge < -0.3 is 9.47 Å². The van der Waals surface area contributed by atoms with Crippen LogP contribution in [0.25, 0.3) is 10.8 Å². The predicted octanol–water partition coefficient (Wildman–Crippen LogP) is 4.04. The summed E-state index contributed by atoms with van der Waals surface area (Å²) in [6.07, 6.45) is 0.127. The zero-order chi connectivity index (χ0) is 18.5. The monoisotopic (exact) mass is 351 g/mol. The van der Waals surface area contributed by atoms with Crippen molar-refractivity contribution in [1.82, 2.24) is 0 Å². The van der Waals surface area contributed by atoms with E-state index >= 15 is 0 Å². The number of nitro groups is 1. The number of methoxy groups -OCH3 is 1. The molecule has 0 fully saturated rings. The maximum Gasteiger partial charge on any atom is 0.310 e. The van der Waals surface area contributed by atoms with Crippen LogP contribution in [-0.2, 0) is 22.6 Å². The van der Waals surface area contributed by atoms with E-state index in [1.54, 1.807) is 0 Å². The van der Waals surface area contributed by atoms with E-state index in [1.807, 2.05) is 42.5 Å². The second-order valence-corrected chi connectivity index (χ2v) is 5.77. The van der Waals surface area contributed by atoms with Crippen molar-refractivity contribution in [3.63, 3.8) is 0 Å². The van der Waals surface area contributed by atoms with Crippen LogP contribution in [0.5, 0.6) is 5.75 Å². The van der Waals surface area contributed by atoms with E-state index in [4.69, 9.17) is 9.47 Å². The van der Waals surface area contributed by atoms with Gasteiger partial charge in [0.15, 0.2) is 0 Å². The summed E-state index contributed by atoms with van der Waals surface area (Å²) in [6.45, 7) is -0.0860. The van der Waals surface area contributed by atoms with E-state index in [1.165, 1.54) is 25.3 Å². The molecular weight excluding hydrogens is 334 g/mol. The molecule has 0 aliphatic heterocycles. The first-order valence-corrected chi connectivity index (χ1v) is 8.01. The van der Waals surface area contributed by atoms with Gasteiger partial charge in [-0.3, -0.25) is 14.9 Å². The number of ether oxygens (including phenoxy) is 2. The molecule has 0 saturated heterocycles. The second kappa shape index (κ2) is 7.65. The molecule has 0 amide bonds. The van der Waals surface area contributed by atoms with Gasteiger partial charge in [0.05, 0.1) is 18.5 Å². The van der Waals surface area contributed by atoms with Gasteiger partial charge in [-0.25, -0.2) is 0 Å². The van der Waals surface area contributed by atoms with Crippen molar-refractivity contribution in [2.24, 2.45) is 0 Å². The molecule has 3 aromatic rings. The Kier molecular flexibility index (Phi) is 5.12. The first kappa shape index (κ1) is 17.4. The summed E-state index contributed by atoms with van der Waals surface area (Å²) >= 11 is 0. The number of carbonyl (C=O) groups excluding carboxylic acids is 1. The minimum atomic E-state index is -0.500. The van der Waals surface area contributed by atoms with Crippen molar-refractivity contribution in [3.05, 3.63) is 81.9 Å². The summed E-state index contributed by atoms with van der Waals surface area (Å²) in [7, 11) is 1.46. The maximum atomic E-state index is 12.1. The number of esters is 1. The fourth-order valence-electron chi connectivity index (χ4n) is 2.72. The number of hydrogen-bond donors (Lipinski definition) is 0. The number of benzene rings is 3. The normalized spacial score (nSPS) is 10.5. The van der Waals surface area contributed by atoms with Gasteiger partial charge in [0.25, 0.3) is 5.69 Å². The Morgan fingerprint density at radius 1 is 1.04 bits per heavy atom. The van der Waals surface area contributed by atoms with Crippen molar-refractivity contribution >= 4 is 22.4 Å².